The van der Waals surface area contributed by atoms with E-state index in [0.29, 0.717) is 16.4 Å². The number of halogens is 1. The summed E-state index contributed by atoms with van der Waals surface area (Å²) in [5, 5.41) is 0.435. The number of urea groups is 1. The van der Waals surface area contributed by atoms with Crippen molar-refractivity contribution in [2.24, 2.45) is 0 Å². The molecular formula is C18H17ClN2O3S. The largest absolute Gasteiger partial charge is 0.329 e. The van der Waals surface area contributed by atoms with Crippen LogP contribution in [0.3, 0.4) is 0 Å². The highest BCUT2D eigenvalue weighted by Gasteiger charge is 2.54. The SMILES string of the molecule is Cc1ccc(N2C(=O)N(c3ccccc3Cl)C3CS(=O)(=O)CC32)cc1. The molecule has 0 aromatic heterocycles. The second kappa shape index (κ2) is 5.75. The predicted octanol–water partition coefficient (Wildman–Crippen LogP) is 3.26. The van der Waals surface area contributed by atoms with E-state index in [9.17, 15) is 13.2 Å². The Morgan fingerprint density at radius 3 is 2.20 bits per heavy atom. The summed E-state index contributed by atoms with van der Waals surface area (Å²) in [7, 11) is -3.21. The number of carbonyl (C=O) groups excluding carboxylic acids is 1. The lowest BCUT2D eigenvalue weighted by atomic mass is 10.1. The number of para-hydroxylation sites is 1. The standard InChI is InChI=1S/C18H17ClN2O3S/c1-12-6-8-13(9-7-12)20-16-10-25(23,24)11-17(16)21(18(20)22)15-5-3-2-4-14(15)19/h2-9,16-17H,10-11H2,1H3. The third-order valence-electron chi connectivity index (χ3n) is 4.79. The van der Waals surface area contributed by atoms with Crippen molar-refractivity contribution in [2.75, 3.05) is 21.3 Å². The van der Waals surface area contributed by atoms with E-state index in [1.54, 1.807) is 29.2 Å². The highest BCUT2D eigenvalue weighted by atomic mass is 35.5. The van der Waals surface area contributed by atoms with Gasteiger partial charge in [-0.2, -0.15) is 0 Å². The lowest BCUT2D eigenvalue weighted by Crippen LogP contribution is -2.38. The van der Waals surface area contributed by atoms with Crippen LogP contribution in [0.15, 0.2) is 48.5 Å². The number of amides is 2. The van der Waals surface area contributed by atoms with Crippen molar-refractivity contribution >= 4 is 38.8 Å². The molecule has 2 unspecified atom stereocenters. The van der Waals surface area contributed by atoms with Crippen molar-refractivity contribution in [3.8, 4) is 0 Å². The van der Waals surface area contributed by atoms with Gasteiger partial charge in [-0.15, -0.1) is 0 Å². The number of sulfone groups is 1. The Hall–Kier alpha value is -2.05. The smallest absolute Gasteiger partial charge is 0.288 e. The predicted molar refractivity (Wildman–Crippen MR) is 99.2 cm³/mol. The van der Waals surface area contributed by atoms with Crippen molar-refractivity contribution in [3.63, 3.8) is 0 Å². The molecular weight excluding hydrogens is 360 g/mol. The van der Waals surface area contributed by atoms with E-state index in [-0.39, 0.29) is 17.5 Å². The fourth-order valence-corrected chi connectivity index (χ4v) is 5.79. The molecule has 0 saturated carbocycles. The maximum Gasteiger partial charge on any atom is 0.329 e. The molecule has 7 heteroatoms. The molecule has 25 heavy (non-hydrogen) atoms. The fourth-order valence-electron chi connectivity index (χ4n) is 3.64. The van der Waals surface area contributed by atoms with Gasteiger partial charge in [0, 0.05) is 5.69 Å². The number of hydrogen-bond acceptors (Lipinski definition) is 3. The number of benzene rings is 2. The molecule has 2 saturated heterocycles. The number of hydrogen-bond donors (Lipinski definition) is 0. The van der Waals surface area contributed by atoms with Crippen molar-refractivity contribution in [3.05, 3.63) is 59.1 Å². The topological polar surface area (TPSA) is 57.7 Å². The van der Waals surface area contributed by atoms with Crippen LogP contribution in [0.4, 0.5) is 16.2 Å². The highest BCUT2D eigenvalue weighted by molar-refractivity contribution is 7.91. The van der Waals surface area contributed by atoms with E-state index in [1.165, 1.54) is 4.90 Å². The lowest BCUT2D eigenvalue weighted by Gasteiger charge is -2.23. The van der Waals surface area contributed by atoms with Gasteiger partial charge in [-0.1, -0.05) is 41.4 Å². The Kier molecular flexibility index (Phi) is 3.77. The number of anilines is 2. The molecule has 130 valence electrons. The van der Waals surface area contributed by atoms with E-state index >= 15 is 0 Å². The second-order valence-electron chi connectivity index (χ2n) is 6.52. The third-order valence-corrected chi connectivity index (χ3v) is 6.81. The molecule has 2 fully saturated rings. The summed E-state index contributed by atoms with van der Waals surface area (Å²) in [6.45, 7) is 1.97. The molecule has 0 bridgehead atoms. The second-order valence-corrected chi connectivity index (χ2v) is 9.08. The van der Waals surface area contributed by atoms with Crippen LogP contribution in [0.1, 0.15) is 5.56 Å². The number of fused-ring (bicyclic) bond motifs is 1. The van der Waals surface area contributed by atoms with Crippen LogP contribution in [0.25, 0.3) is 0 Å². The molecule has 0 aliphatic carbocycles. The summed E-state index contributed by atoms with van der Waals surface area (Å²) < 4.78 is 24.5. The van der Waals surface area contributed by atoms with Gasteiger partial charge in [0.1, 0.15) is 0 Å². The Morgan fingerprint density at radius 1 is 0.960 bits per heavy atom. The molecule has 0 spiro atoms. The summed E-state index contributed by atoms with van der Waals surface area (Å²) in [4.78, 5) is 16.3. The summed E-state index contributed by atoms with van der Waals surface area (Å²) in [5.74, 6) is -0.0742. The molecule has 0 radical (unpaired) electrons. The van der Waals surface area contributed by atoms with E-state index in [0.717, 1.165) is 5.56 Å². The minimum absolute atomic E-state index is 0.0295. The molecule has 2 aliphatic rings. The van der Waals surface area contributed by atoms with Crippen LogP contribution in [0.2, 0.25) is 5.02 Å². The zero-order valence-electron chi connectivity index (χ0n) is 13.6. The van der Waals surface area contributed by atoms with Gasteiger partial charge in [-0.05, 0) is 31.2 Å². The van der Waals surface area contributed by atoms with Crippen molar-refractivity contribution < 1.29 is 13.2 Å². The molecule has 2 aromatic rings. The van der Waals surface area contributed by atoms with Crippen LogP contribution < -0.4 is 9.80 Å². The zero-order valence-corrected chi connectivity index (χ0v) is 15.2. The van der Waals surface area contributed by atoms with Crippen molar-refractivity contribution in [2.45, 2.75) is 19.0 Å². The molecule has 4 rings (SSSR count). The quantitative estimate of drug-likeness (QED) is 0.756. The number of aryl methyl sites for hydroxylation is 1. The van der Waals surface area contributed by atoms with Crippen molar-refractivity contribution in [1.82, 2.24) is 0 Å². The minimum atomic E-state index is -3.21. The Bertz CT molecular complexity index is 943. The number of carbonyl (C=O) groups is 1. The molecule has 2 amide bonds. The minimum Gasteiger partial charge on any atom is -0.288 e. The Labute approximate surface area is 151 Å². The number of nitrogens with zero attached hydrogens (tertiary/aromatic N) is 2. The molecule has 5 nitrogen and oxygen atoms in total. The van der Waals surface area contributed by atoms with Gasteiger partial charge in [0.05, 0.1) is 34.3 Å². The van der Waals surface area contributed by atoms with Crippen LogP contribution >= 0.6 is 11.6 Å². The normalized spacial score (nSPS) is 24.6. The lowest BCUT2D eigenvalue weighted by molar-refractivity contribution is 0.255. The highest BCUT2D eigenvalue weighted by Crippen LogP contribution is 2.40. The molecule has 2 heterocycles. The average molecular weight is 377 g/mol. The summed E-state index contributed by atoms with van der Waals surface area (Å²) in [6, 6.07) is 13.5. The molecule has 0 N–H and O–H groups in total. The first-order chi connectivity index (χ1) is 11.9. The Morgan fingerprint density at radius 2 is 1.56 bits per heavy atom. The van der Waals surface area contributed by atoms with Gasteiger partial charge >= 0.3 is 6.03 Å². The van der Waals surface area contributed by atoms with E-state index in [2.05, 4.69) is 0 Å². The molecule has 2 aliphatic heterocycles. The first kappa shape index (κ1) is 16.4. The fraction of sp³-hybridized carbons (Fsp3) is 0.278. The van der Waals surface area contributed by atoms with Crippen LogP contribution in [-0.4, -0.2) is 38.0 Å². The summed E-state index contributed by atoms with van der Waals surface area (Å²) in [5.41, 5.74) is 2.34. The van der Waals surface area contributed by atoms with Crippen LogP contribution in [0.5, 0.6) is 0 Å². The summed E-state index contributed by atoms with van der Waals surface area (Å²) >= 11 is 6.28. The van der Waals surface area contributed by atoms with E-state index in [4.69, 9.17) is 11.6 Å². The molecule has 2 atom stereocenters. The maximum absolute atomic E-state index is 13.2. The first-order valence-electron chi connectivity index (χ1n) is 8.01. The maximum atomic E-state index is 13.2. The first-order valence-corrected chi connectivity index (χ1v) is 10.2. The van der Waals surface area contributed by atoms with E-state index < -0.39 is 21.9 Å². The molecule has 2 aromatic carbocycles. The van der Waals surface area contributed by atoms with Crippen molar-refractivity contribution in [1.29, 1.82) is 0 Å². The summed E-state index contributed by atoms with van der Waals surface area (Å²) in [6.07, 6.45) is 0. The van der Waals surface area contributed by atoms with E-state index in [1.807, 2.05) is 31.2 Å². The third kappa shape index (κ3) is 2.69. The monoisotopic (exact) mass is 376 g/mol. The zero-order chi connectivity index (χ0) is 17.8. The Balaban J connectivity index is 1.83. The van der Waals surface area contributed by atoms with Crippen LogP contribution in [0, 0.1) is 6.92 Å². The van der Waals surface area contributed by atoms with Gasteiger partial charge in [0.25, 0.3) is 0 Å². The van der Waals surface area contributed by atoms with Gasteiger partial charge in [0.15, 0.2) is 9.84 Å². The van der Waals surface area contributed by atoms with Crippen LogP contribution in [-0.2, 0) is 9.84 Å². The average Bonchev–Trinajstić information content (AvgIpc) is 2.99. The van der Waals surface area contributed by atoms with Gasteiger partial charge < -0.3 is 0 Å². The van der Waals surface area contributed by atoms with Gasteiger partial charge in [-0.25, -0.2) is 13.2 Å². The van der Waals surface area contributed by atoms with Gasteiger partial charge in [0.2, 0.25) is 0 Å². The number of rotatable bonds is 2. The van der Waals surface area contributed by atoms with Gasteiger partial charge in [-0.3, -0.25) is 9.80 Å².